The summed E-state index contributed by atoms with van der Waals surface area (Å²) >= 11 is 1.64. The Balaban J connectivity index is 2.04. The fourth-order valence-corrected chi connectivity index (χ4v) is 3.17. The van der Waals surface area contributed by atoms with E-state index in [9.17, 15) is 14.7 Å². The monoisotopic (exact) mass is 293 g/mol. The van der Waals surface area contributed by atoms with E-state index < -0.39 is 17.8 Å². The van der Waals surface area contributed by atoms with Gasteiger partial charge in [0.2, 0.25) is 5.91 Å². The van der Waals surface area contributed by atoms with Crippen molar-refractivity contribution in [3.8, 4) is 0 Å². The van der Waals surface area contributed by atoms with Gasteiger partial charge in [0, 0.05) is 10.6 Å². The summed E-state index contributed by atoms with van der Waals surface area (Å²) in [6, 6.07) is 7.56. The third kappa shape index (κ3) is 3.33. The molecule has 3 atom stereocenters. The molecular weight excluding hydrogens is 274 g/mol. The maximum Gasteiger partial charge on any atom is 0.307 e. The number of carbonyl (C=O) groups is 2. The van der Waals surface area contributed by atoms with Crippen LogP contribution in [0, 0.1) is 17.8 Å². The molecule has 0 bridgehead atoms. The second kappa shape index (κ2) is 6.31. The molecule has 4 nitrogen and oxygen atoms in total. The molecule has 1 unspecified atom stereocenters. The Morgan fingerprint density at radius 3 is 2.35 bits per heavy atom. The molecule has 0 spiro atoms. The van der Waals surface area contributed by atoms with Crippen LogP contribution in [-0.4, -0.2) is 23.2 Å². The topological polar surface area (TPSA) is 66.4 Å². The SMILES string of the molecule is CSc1ccc(NC(=O)[C@H]2CC(C)C[C@H]2C(=O)O)cc1. The highest BCUT2D eigenvalue weighted by Crippen LogP contribution is 2.37. The van der Waals surface area contributed by atoms with Crippen LogP contribution in [0.3, 0.4) is 0 Å². The molecule has 1 aromatic carbocycles. The summed E-state index contributed by atoms with van der Waals surface area (Å²) in [5.41, 5.74) is 0.719. The van der Waals surface area contributed by atoms with Crippen molar-refractivity contribution < 1.29 is 14.7 Å². The molecule has 2 rings (SSSR count). The summed E-state index contributed by atoms with van der Waals surface area (Å²) in [6.45, 7) is 2.00. The first-order chi connectivity index (χ1) is 9.51. The lowest BCUT2D eigenvalue weighted by molar-refractivity contribution is -0.145. The molecular formula is C15H19NO3S. The Kier molecular flexibility index (Phi) is 4.70. The largest absolute Gasteiger partial charge is 0.481 e. The lowest BCUT2D eigenvalue weighted by Crippen LogP contribution is -2.29. The van der Waals surface area contributed by atoms with Gasteiger partial charge >= 0.3 is 5.97 Å². The van der Waals surface area contributed by atoms with Crippen LogP contribution >= 0.6 is 11.8 Å². The quantitative estimate of drug-likeness (QED) is 0.837. The Labute approximate surface area is 123 Å². The van der Waals surface area contributed by atoms with E-state index in [-0.39, 0.29) is 11.8 Å². The fourth-order valence-electron chi connectivity index (χ4n) is 2.76. The molecule has 1 aliphatic carbocycles. The maximum atomic E-state index is 12.2. The minimum atomic E-state index is -0.868. The van der Waals surface area contributed by atoms with Crippen molar-refractivity contribution in [1.29, 1.82) is 0 Å². The minimum Gasteiger partial charge on any atom is -0.481 e. The van der Waals surface area contributed by atoms with Gasteiger partial charge in [0.05, 0.1) is 11.8 Å². The Morgan fingerprint density at radius 1 is 1.20 bits per heavy atom. The average molecular weight is 293 g/mol. The number of hydrogen-bond acceptors (Lipinski definition) is 3. The molecule has 0 radical (unpaired) electrons. The van der Waals surface area contributed by atoms with Crippen molar-refractivity contribution in [2.75, 3.05) is 11.6 Å². The van der Waals surface area contributed by atoms with Gasteiger partial charge in [-0.25, -0.2) is 0 Å². The van der Waals surface area contributed by atoms with E-state index in [1.54, 1.807) is 11.8 Å². The van der Waals surface area contributed by atoms with Crippen LogP contribution in [0.2, 0.25) is 0 Å². The number of anilines is 1. The molecule has 1 fully saturated rings. The van der Waals surface area contributed by atoms with E-state index in [4.69, 9.17) is 0 Å². The van der Waals surface area contributed by atoms with Crippen LogP contribution in [0.5, 0.6) is 0 Å². The van der Waals surface area contributed by atoms with E-state index in [0.29, 0.717) is 12.8 Å². The summed E-state index contributed by atoms with van der Waals surface area (Å²) in [5.74, 6) is -1.75. The molecule has 1 aliphatic rings. The van der Waals surface area contributed by atoms with E-state index in [2.05, 4.69) is 5.32 Å². The number of carboxylic acid groups (broad SMARTS) is 1. The number of benzene rings is 1. The van der Waals surface area contributed by atoms with Crippen molar-refractivity contribution in [2.24, 2.45) is 17.8 Å². The zero-order valence-corrected chi connectivity index (χ0v) is 12.4. The molecule has 20 heavy (non-hydrogen) atoms. The van der Waals surface area contributed by atoms with Crippen molar-refractivity contribution in [1.82, 2.24) is 0 Å². The first kappa shape index (κ1) is 14.9. The number of carbonyl (C=O) groups excluding carboxylic acids is 1. The predicted octanol–water partition coefficient (Wildman–Crippen LogP) is 3.09. The summed E-state index contributed by atoms with van der Waals surface area (Å²) in [5, 5.41) is 12.0. The smallest absolute Gasteiger partial charge is 0.307 e. The lowest BCUT2D eigenvalue weighted by Gasteiger charge is -2.15. The summed E-state index contributed by atoms with van der Waals surface area (Å²) < 4.78 is 0. The zero-order valence-electron chi connectivity index (χ0n) is 11.6. The first-order valence-corrected chi connectivity index (χ1v) is 7.91. The Morgan fingerprint density at radius 2 is 1.80 bits per heavy atom. The van der Waals surface area contributed by atoms with Gasteiger partial charge in [0.25, 0.3) is 0 Å². The number of carboxylic acids is 1. The van der Waals surface area contributed by atoms with Gasteiger partial charge < -0.3 is 10.4 Å². The third-order valence-corrected chi connectivity index (χ3v) is 4.55. The Bertz CT molecular complexity index is 500. The molecule has 0 aliphatic heterocycles. The minimum absolute atomic E-state index is 0.182. The maximum absolute atomic E-state index is 12.2. The van der Waals surface area contributed by atoms with Crippen molar-refractivity contribution in [3.63, 3.8) is 0 Å². The lowest BCUT2D eigenvalue weighted by atomic mass is 9.95. The van der Waals surface area contributed by atoms with Gasteiger partial charge in [0.15, 0.2) is 0 Å². The van der Waals surface area contributed by atoms with Gasteiger partial charge in [-0.2, -0.15) is 0 Å². The van der Waals surface area contributed by atoms with Crippen molar-refractivity contribution >= 4 is 29.3 Å². The van der Waals surface area contributed by atoms with E-state index in [1.807, 2.05) is 37.4 Å². The summed E-state index contributed by atoms with van der Waals surface area (Å²) in [7, 11) is 0. The van der Waals surface area contributed by atoms with Crippen LogP contribution in [0.4, 0.5) is 5.69 Å². The van der Waals surface area contributed by atoms with Gasteiger partial charge in [-0.05, 0) is 49.3 Å². The van der Waals surface area contributed by atoms with Gasteiger partial charge in [-0.15, -0.1) is 11.8 Å². The van der Waals surface area contributed by atoms with Crippen LogP contribution in [0.15, 0.2) is 29.2 Å². The molecule has 2 N–H and O–H groups in total. The second-order valence-electron chi connectivity index (χ2n) is 5.35. The van der Waals surface area contributed by atoms with Crippen molar-refractivity contribution in [2.45, 2.75) is 24.7 Å². The number of thioether (sulfide) groups is 1. The molecule has 0 saturated heterocycles. The summed E-state index contributed by atoms with van der Waals surface area (Å²) in [4.78, 5) is 24.6. The molecule has 1 aromatic rings. The highest BCUT2D eigenvalue weighted by Gasteiger charge is 2.41. The fraction of sp³-hybridized carbons (Fsp3) is 0.467. The molecule has 108 valence electrons. The van der Waals surface area contributed by atoms with Crippen LogP contribution in [0.1, 0.15) is 19.8 Å². The normalized spacial score (nSPS) is 25.4. The zero-order chi connectivity index (χ0) is 14.7. The second-order valence-corrected chi connectivity index (χ2v) is 6.23. The third-order valence-electron chi connectivity index (χ3n) is 3.81. The van der Waals surface area contributed by atoms with Gasteiger partial charge in [0.1, 0.15) is 0 Å². The Hall–Kier alpha value is -1.49. The highest BCUT2D eigenvalue weighted by molar-refractivity contribution is 7.98. The number of aliphatic carboxylic acids is 1. The standard InChI is InChI=1S/C15H19NO3S/c1-9-7-12(13(8-9)15(18)19)14(17)16-10-3-5-11(20-2)6-4-10/h3-6,9,12-13H,7-8H2,1-2H3,(H,16,17)(H,18,19)/t9?,12-,13+/m0/s1. The van der Waals surface area contributed by atoms with E-state index in [0.717, 1.165) is 10.6 Å². The molecule has 1 amide bonds. The number of hydrogen-bond donors (Lipinski definition) is 2. The van der Waals surface area contributed by atoms with E-state index in [1.165, 1.54) is 0 Å². The van der Waals surface area contributed by atoms with E-state index >= 15 is 0 Å². The summed E-state index contributed by atoms with van der Waals surface area (Å²) in [6.07, 6.45) is 3.22. The van der Waals surface area contributed by atoms with Gasteiger partial charge in [-0.1, -0.05) is 6.92 Å². The van der Waals surface area contributed by atoms with Crippen LogP contribution in [-0.2, 0) is 9.59 Å². The number of nitrogens with one attached hydrogen (secondary N) is 1. The highest BCUT2D eigenvalue weighted by atomic mass is 32.2. The average Bonchev–Trinajstić information content (AvgIpc) is 2.82. The number of rotatable bonds is 4. The van der Waals surface area contributed by atoms with Crippen molar-refractivity contribution in [3.05, 3.63) is 24.3 Å². The first-order valence-electron chi connectivity index (χ1n) is 6.69. The van der Waals surface area contributed by atoms with Crippen LogP contribution in [0.25, 0.3) is 0 Å². The molecule has 0 heterocycles. The van der Waals surface area contributed by atoms with Gasteiger partial charge in [-0.3, -0.25) is 9.59 Å². The predicted molar refractivity (Wildman–Crippen MR) is 79.9 cm³/mol. The molecule has 1 saturated carbocycles. The number of amides is 1. The molecule has 0 aromatic heterocycles. The van der Waals surface area contributed by atoms with Crippen LogP contribution < -0.4 is 5.32 Å². The molecule has 5 heteroatoms.